The van der Waals surface area contributed by atoms with Crippen LogP contribution in [-0.2, 0) is 4.74 Å². The molecule has 0 radical (unpaired) electrons. The van der Waals surface area contributed by atoms with Gasteiger partial charge in [0.2, 0.25) is 0 Å². The monoisotopic (exact) mass is 404 g/mol. The zero-order chi connectivity index (χ0) is 20.1. The van der Waals surface area contributed by atoms with Crippen LogP contribution in [0, 0.1) is 10.1 Å². The van der Waals surface area contributed by atoms with Crippen molar-refractivity contribution in [3.05, 3.63) is 56.3 Å². The number of nitrogens with zero attached hydrogens (tertiary/aromatic N) is 3. The van der Waals surface area contributed by atoms with E-state index in [0.717, 1.165) is 13.1 Å². The van der Waals surface area contributed by atoms with Crippen LogP contribution in [0.4, 0.5) is 11.4 Å². The Kier molecular flexibility index (Phi) is 6.61. The van der Waals surface area contributed by atoms with E-state index in [0.29, 0.717) is 25.4 Å². The maximum Gasteiger partial charge on any atom is 0.293 e. The number of rotatable bonds is 7. The maximum atomic E-state index is 12.7. The van der Waals surface area contributed by atoms with Crippen molar-refractivity contribution in [3.63, 3.8) is 0 Å². The fourth-order valence-corrected chi connectivity index (χ4v) is 4.12. The fraction of sp³-hybridized carbons (Fsp3) is 0.421. The van der Waals surface area contributed by atoms with Gasteiger partial charge >= 0.3 is 0 Å². The number of thiophene rings is 1. The zero-order valence-electron chi connectivity index (χ0n) is 16.0. The summed E-state index contributed by atoms with van der Waals surface area (Å²) in [6.07, 6.45) is 0. The average Bonchev–Trinajstić information content (AvgIpc) is 3.22. The molecule has 1 aromatic carbocycles. The topological polar surface area (TPSA) is 88.0 Å². The van der Waals surface area contributed by atoms with Gasteiger partial charge in [-0.3, -0.25) is 19.8 Å². The maximum absolute atomic E-state index is 12.7. The van der Waals surface area contributed by atoms with Crippen LogP contribution in [0.25, 0.3) is 0 Å². The standard InChI is InChI=1S/C19H24N4O4S/c1-21(2)15-6-5-14(12-16(15)23(25)26)19(24)20-13-17(18-4-3-11-28-18)22-7-9-27-10-8-22/h3-6,11-12,17H,7-10,13H2,1-2H3,(H,20,24). The van der Waals surface area contributed by atoms with E-state index in [9.17, 15) is 14.9 Å². The molecule has 9 heteroatoms. The Balaban J connectivity index is 1.74. The Bertz CT molecular complexity index is 819. The molecule has 8 nitrogen and oxygen atoms in total. The van der Waals surface area contributed by atoms with Crippen LogP contribution in [-0.4, -0.2) is 62.7 Å². The minimum absolute atomic E-state index is 0.0592. The smallest absolute Gasteiger partial charge is 0.293 e. The minimum atomic E-state index is -0.464. The second-order valence-electron chi connectivity index (χ2n) is 6.74. The van der Waals surface area contributed by atoms with Crippen molar-refractivity contribution in [3.8, 4) is 0 Å². The zero-order valence-corrected chi connectivity index (χ0v) is 16.8. The third kappa shape index (κ3) is 4.67. The highest BCUT2D eigenvalue weighted by Gasteiger charge is 2.25. The molecule has 1 N–H and O–H groups in total. The largest absolute Gasteiger partial charge is 0.379 e. The molecule has 1 fully saturated rings. The summed E-state index contributed by atoms with van der Waals surface area (Å²) in [7, 11) is 3.46. The molecule has 0 saturated carbocycles. The average molecular weight is 404 g/mol. The third-order valence-electron chi connectivity index (χ3n) is 4.73. The number of hydrogen-bond acceptors (Lipinski definition) is 7. The lowest BCUT2D eigenvalue weighted by Gasteiger charge is -2.34. The van der Waals surface area contributed by atoms with Crippen LogP contribution < -0.4 is 10.2 Å². The number of nitro benzene ring substituents is 1. The number of nitro groups is 1. The number of benzene rings is 1. The highest BCUT2D eigenvalue weighted by Crippen LogP contribution is 2.28. The number of amides is 1. The highest BCUT2D eigenvalue weighted by atomic mass is 32.1. The SMILES string of the molecule is CN(C)c1ccc(C(=O)NCC(c2cccs2)N2CCOCC2)cc1[N+](=O)[O-]. The molecule has 1 aromatic heterocycles. The Morgan fingerprint density at radius 2 is 2.11 bits per heavy atom. The van der Waals surface area contributed by atoms with E-state index in [1.54, 1.807) is 42.5 Å². The lowest BCUT2D eigenvalue weighted by atomic mass is 10.1. The lowest BCUT2D eigenvalue weighted by molar-refractivity contribution is -0.384. The van der Waals surface area contributed by atoms with Gasteiger partial charge in [0.1, 0.15) is 5.69 Å². The molecule has 0 aliphatic carbocycles. The first-order chi connectivity index (χ1) is 13.5. The van der Waals surface area contributed by atoms with E-state index >= 15 is 0 Å². The van der Waals surface area contributed by atoms with Crippen LogP contribution >= 0.6 is 11.3 Å². The van der Waals surface area contributed by atoms with E-state index in [-0.39, 0.29) is 23.2 Å². The van der Waals surface area contributed by atoms with Gasteiger partial charge in [0, 0.05) is 50.2 Å². The molecule has 0 bridgehead atoms. The predicted molar refractivity (Wildman–Crippen MR) is 109 cm³/mol. The number of anilines is 1. The normalized spacial score (nSPS) is 15.8. The summed E-state index contributed by atoms with van der Waals surface area (Å²) in [6.45, 7) is 3.40. The van der Waals surface area contributed by atoms with E-state index in [1.807, 2.05) is 11.4 Å². The van der Waals surface area contributed by atoms with Gasteiger partial charge in [-0.25, -0.2) is 0 Å². The van der Waals surface area contributed by atoms with Crippen LogP contribution in [0.15, 0.2) is 35.7 Å². The molecule has 28 heavy (non-hydrogen) atoms. The first-order valence-electron chi connectivity index (χ1n) is 9.06. The molecule has 1 atom stereocenters. The van der Waals surface area contributed by atoms with Crippen molar-refractivity contribution >= 4 is 28.6 Å². The first kappa shape index (κ1) is 20.2. The number of ether oxygens (including phenoxy) is 1. The quantitative estimate of drug-likeness (QED) is 0.564. The van der Waals surface area contributed by atoms with Gasteiger partial charge in [-0.1, -0.05) is 6.07 Å². The number of carbonyl (C=O) groups is 1. The van der Waals surface area contributed by atoms with Crippen LogP contribution in [0.2, 0.25) is 0 Å². The predicted octanol–water partition coefficient (Wildman–Crippen LogP) is 2.53. The Morgan fingerprint density at radius 3 is 2.71 bits per heavy atom. The Morgan fingerprint density at radius 1 is 1.36 bits per heavy atom. The second-order valence-corrected chi connectivity index (χ2v) is 7.72. The molecule has 1 aliphatic heterocycles. The molecule has 1 aliphatic rings. The molecule has 1 saturated heterocycles. The molecule has 1 amide bonds. The van der Waals surface area contributed by atoms with Gasteiger partial charge in [-0.15, -0.1) is 11.3 Å². The van der Waals surface area contributed by atoms with E-state index < -0.39 is 4.92 Å². The molecule has 1 unspecified atom stereocenters. The molecule has 0 spiro atoms. The van der Waals surface area contributed by atoms with Gasteiger partial charge in [0.15, 0.2) is 0 Å². The van der Waals surface area contributed by atoms with Gasteiger partial charge in [0.05, 0.1) is 24.2 Å². The molecule has 150 valence electrons. The molecule has 2 aromatic rings. The summed E-state index contributed by atoms with van der Waals surface area (Å²) in [5, 5.41) is 16.3. The van der Waals surface area contributed by atoms with Crippen LogP contribution in [0.3, 0.4) is 0 Å². The summed E-state index contributed by atoms with van der Waals surface area (Å²) in [6, 6.07) is 8.67. The summed E-state index contributed by atoms with van der Waals surface area (Å²) in [4.78, 5) is 28.7. The molecule has 2 heterocycles. The number of carbonyl (C=O) groups excluding carboxylic acids is 1. The van der Waals surface area contributed by atoms with E-state index in [1.165, 1.54) is 10.9 Å². The van der Waals surface area contributed by atoms with Crippen LogP contribution in [0.5, 0.6) is 0 Å². The van der Waals surface area contributed by atoms with Crippen molar-refractivity contribution < 1.29 is 14.5 Å². The number of nitrogens with one attached hydrogen (secondary N) is 1. The second kappa shape index (κ2) is 9.13. The van der Waals surface area contributed by atoms with Crippen molar-refractivity contribution in [1.82, 2.24) is 10.2 Å². The molecular weight excluding hydrogens is 380 g/mol. The molecule has 3 rings (SSSR count). The van der Waals surface area contributed by atoms with Crippen molar-refractivity contribution in [2.75, 3.05) is 51.8 Å². The van der Waals surface area contributed by atoms with Gasteiger partial charge < -0.3 is 15.0 Å². The van der Waals surface area contributed by atoms with Gasteiger partial charge in [-0.2, -0.15) is 0 Å². The summed E-state index contributed by atoms with van der Waals surface area (Å²) in [5.74, 6) is -0.316. The fourth-order valence-electron chi connectivity index (χ4n) is 3.26. The first-order valence-corrected chi connectivity index (χ1v) is 9.94. The third-order valence-corrected chi connectivity index (χ3v) is 5.70. The highest BCUT2D eigenvalue weighted by molar-refractivity contribution is 7.10. The summed E-state index contributed by atoms with van der Waals surface area (Å²) < 4.78 is 5.43. The van der Waals surface area contributed by atoms with Crippen LogP contribution in [0.1, 0.15) is 21.3 Å². The summed E-state index contributed by atoms with van der Waals surface area (Å²) >= 11 is 1.66. The number of hydrogen-bond donors (Lipinski definition) is 1. The molecular formula is C19H24N4O4S. The summed E-state index contributed by atoms with van der Waals surface area (Å²) in [5.41, 5.74) is 0.663. The minimum Gasteiger partial charge on any atom is -0.379 e. The Hall–Kier alpha value is -2.49. The van der Waals surface area contributed by atoms with Crippen molar-refractivity contribution in [1.29, 1.82) is 0 Å². The van der Waals surface area contributed by atoms with Crippen molar-refractivity contribution in [2.24, 2.45) is 0 Å². The Labute approximate surface area is 167 Å². The number of morpholine rings is 1. The lowest BCUT2D eigenvalue weighted by Crippen LogP contribution is -2.43. The van der Waals surface area contributed by atoms with Gasteiger partial charge in [-0.05, 0) is 23.6 Å². The van der Waals surface area contributed by atoms with Gasteiger partial charge in [0.25, 0.3) is 11.6 Å². The van der Waals surface area contributed by atoms with Crippen molar-refractivity contribution in [2.45, 2.75) is 6.04 Å². The van der Waals surface area contributed by atoms with E-state index in [4.69, 9.17) is 4.74 Å². The van der Waals surface area contributed by atoms with E-state index in [2.05, 4.69) is 16.3 Å².